The molecule has 2 N–H and O–H groups in total. The van der Waals surface area contributed by atoms with Crippen LogP contribution in [0.3, 0.4) is 0 Å². The predicted octanol–water partition coefficient (Wildman–Crippen LogP) is 3.19. The van der Waals surface area contributed by atoms with Crippen molar-refractivity contribution in [2.75, 3.05) is 13.1 Å². The van der Waals surface area contributed by atoms with Crippen molar-refractivity contribution in [2.45, 2.75) is 38.5 Å². The first-order chi connectivity index (χ1) is 8.75. The summed E-state index contributed by atoms with van der Waals surface area (Å²) in [5.74, 6) is 1.22. The summed E-state index contributed by atoms with van der Waals surface area (Å²) in [4.78, 5) is 0. The summed E-state index contributed by atoms with van der Waals surface area (Å²) in [5.41, 5.74) is 3.93. The molecule has 3 heteroatoms. The van der Waals surface area contributed by atoms with Gasteiger partial charge in [-0.1, -0.05) is 6.07 Å². The minimum Gasteiger partial charge on any atom is -0.506 e. The van der Waals surface area contributed by atoms with Gasteiger partial charge in [-0.15, -0.1) is 0 Å². The lowest BCUT2D eigenvalue weighted by molar-refractivity contribution is 0.366. The van der Waals surface area contributed by atoms with Crippen LogP contribution in [0.15, 0.2) is 10.5 Å². The first-order valence-electron chi connectivity index (χ1n) is 6.98. The van der Waals surface area contributed by atoms with Crippen molar-refractivity contribution in [3.8, 4) is 5.75 Å². The Morgan fingerprint density at radius 1 is 1.28 bits per heavy atom. The molecule has 1 saturated heterocycles. The maximum atomic E-state index is 10.3. The van der Waals surface area contributed by atoms with E-state index in [1.54, 1.807) is 0 Å². The topological polar surface area (TPSA) is 32.3 Å². The number of rotatable bonds is 2. The van der Waals surface area contributed by atoms with E-state index >= 15 is 0 Å². The van der Waals surface area contributed by atoms with Crippen LogP contribution in [0.4, 0.5) is 0 Å². The Kier molecular flexibility index (Phi) is 3.62. The Morgan fingerprint density at radius 2 is 2.06 bits per heavy atom. The summed E-state index contributed by atoms with van der Waals surface area (Å²) in [5, 5.41) is 13.7. The van der Waals surface area contributed by atoms with Gasteiger partial charge in [0, 0.05) is 0 Å². The third-order valence-corrected chi connectivity index (χ3v) is 5.21. The molecule has 1 aliphatic heterocycles. The number of nitrogens with one attached hydrogen (secondary N) is 1. The van der Waals surface area contributed by atoms with Gasteiger partial charge < -0.3 is 10.4 Å². The highest BCUT2D eigenvalue weighted by Crippen LogP contribution is 2.39. The van der Waals surface area contributed by atoms with Crippen LogP contribution in [0.1, 0.15) is 36.0 Å². The van der Waals surface area contributed by atoms with Gasteiger partial charge in [0.25, 0.3) is 0 Å². The van der Waals surface area contributed by atoms with Crippen molar-refractivity contribution in [1.82, 2.24) is 5.32 Å². The fourth-order valence-corrected chi connectivity index (χ4v) is 4.00. The molecule has 1 fully saturated rings. The molecule has 0 saturated carbocycles. The molecule has 0 radical (unpaired) electrons. The van der Waals surface area contributed by atoms with E-state index in [0.717, 1.165) is 41.9 Å². The monoisotopic (exact) mass is 309 g/mol. The number of benzene rings is 1. The standard InChI is InChI=1S/C15H20BrNO/c16-14-13-3-1-2-11(13)9-12(15(14)18)8-10-4-6-17-7-5-10/h9-10,17-18H,1-8H2. The number of hydrogen-bond donors (Lipinski definition) is 2. The second-order valence-electron chi connectivity index (χ2n) is 5.59. The fraction of sp³-hybridized carbons (Fsp3) is 0.600. The van der Waals surface area contributed by atoms with E-state index in [9.17, 15) is 5.11 Å². The van der Waals surface area contributed by atoms with Crippen LogP contribution in [-0.2, 0) is 19.3 Å². The van der Waals surface area contributed by atoms with E-state index < -0.39 is 0 Å². The molecule has 1 aromatic carbocycles. The molecule has 1 heterocycles. The zero-order valence-corrected chi connectivity index (χ0v) is 12.2. The van der Waals surface area contributed by atoms with E-state index in [1.165, 1.54) is 36.8 Å². The van der Waals surface area contributed by atoms with E-state index in [0.29, 0.717) is 5.75 Å². The van der Waals surface area contributed by atoms with Crippen molar-refractivity contribution in [2.24, 2.45) is 5.92 Å². The van der Waals surface area contributed by atoms with Gasteiger partial charge in [0.05, 0.1) is 4.47 Å². The summed E-state index contributed by atoms with van der Waals surface area (Å²) in [6.07, 6.45) is 7.00. The summed E-state index contributed by atoms with van der Waals surface area (Å²) >= 11 is 3.58. The van der Waals surface area contributed by atoms with Crippen LogP contribution in [0.5, 0.6) is 5.75 Å². The number of aryl methyl sites for hydroxylation is 1. The molecule has 0 spiro atoms. The molecule has 18 heavy (non-hydrogen) atoms. The van der Waals surface area contributed by atoms with Crippen molar-refractivity contribution < 1.29 is 5.11 Å². The minimum absolute atomic E-state index is 0.495. The number of phenolic OH excluding ortho intramolecular Hbond substituents is 1. The minimum atomic E-state index is 0.495. The molecule has 2 nitrogen and oxygen atoms in total. The molecule has 0 atom stereocenters. The van der Waals surface area contributed by atoms with Gasteiger partial charge in [0.15, 0.2) is 0 Å². The molecule has 0 amide bonds. The first kappa shape index (κ1) is 12.5. The van der Waals surface area contributed by atoms with Gasteiger partial charge in [-0.3, -0.25) is 0 Å². The second kappa shape index (κ2) is 5.22. The number of hydrogen-bond acceptors (Lipinski definition) is 2. The Hall–Kier alpha value is -0.540. The molecular formula is C15H20BrNO. The lowest BCUT2D eigenvalue weighted by atomic mass is 9.89. The lowest BCUT2D eigenvalue weighted by Crippen LogP contribution is -2.28. The van der Waals surface area contributed by atoms with Crippen molar-refractivity contribution in [3.63, 3.8) is 0 Å². The number of fused-ring (bicyclic) bond motifs is 1. The lowest BCUT2D eigenvalue weighted by Gasteiger charge is -2.23. The van der Waals surface area contributed by atoms with Gasteiger partial charge in [0.2, 0.25) is 0 Å². The van der Waals surface area contributed by atoms with Gasteiger partial charge in [-0.05, 0) is 90.2 Å². The van der Waals surface area contributed by atoms with Crippen LogP contribution in [0, 0.1) is 5.92 Å². The molecular weight excluding hydrogens is 290 g/mol. The van der Waals surface area contributed by atoms with Gasteiger partial charge in [-0.2, -0.15) is 0 Å². The highest BCUT2D eigenvalue weighted by atomic mass is 79.9. The molecule has 0 unspecified atom stereocenters. The smallest absolute Gasteiger partial charge is 0.133 e. The van der Waals surface area contributed by atoms with E-state index in [-0.39, 0.29) is 0 Å². The second-order valence-corrected chi connectivity index (χ2v) is 6.38. The van der Waals surface area contributed by atoms with Gasteiger partial charge in [0.1, 0.15) is 5.75 Å². The van der Waals surface area contributed by atoms with Crippen LogP contribution in [0.2, 0.25) is 0 Å². The Morgan fingerprint density at radius 3 is 2.83 bits per heavy atom. The summed E-state index contributed by atoms with van der Waals surface area (Å²) < 4.78 is 0.960. The Labute approximate surface area is 117 Å². The predicted molar refractivity (Wildman–Crippen MR) is 77.1 cm³/mol. The Bertz CT molecular complexity index is 452. The fourth-order valence-electron chi connectivity index (χ4n) is 3.29. The number of phenols is 1. The third-order valence-electron chi connectivity index (χ3n) is 4.35. The number of halogens is 1. The van der Waals surface area contributed by atoms with Crippen LogP contribution in [-0.4, -0.2) is 18.2 Å². The zero-order valence-electron chi connectivity index (χ0n) is 10.6. The number of piperidine rings is 1. The highest BCUT2D eigenvalue weighted by molar-refractivity contribution is 9.10. The van der Waals surface area contributed by atoms with E-state index in [4.69, 9.17) is 0 Å². The molecule has 0 bridgehead atoms. The van der Waals surface area contributed by atoms with E-state index in [1.807, 2.05) is 0 Å². The van der Waals surface area contributed by atoms with E-state index in [2.05, 4.69) is 27.3 Å². The summed E-state index contributed by atoms with van der Waals surface area (Å²) in [6, 6.07) is 2.25. The molecule has 1 aromatic rings. The first-order valence-corrected chi connectivity index (χ1v) is 7.78. The molecule has 2 aliphatic rings. The molecule has 98 valence electrons. The average Bonchev–Trinajstić information content (AvgIpc) is 2.85. The van der Waals surface area contributed by atoms with Crippen molar-refractivity contribution in [3.05, 3.63) is 27.2 Å². The quantitative estimate of drug-likeness (QED) is 0.879. The third kappa shape index (κ3) is 2.30. The molecule has 0 aromatic heterocycles. The molecule has 1 aliphatic carbocycles. The number of aromatic hydroxyl groups is 1. The highest BCUT2D eigenvalue weighted by Gasteiger charge is 2.22. The van der Waals surface area contributed by atoms with Crippen LogP contribution >= 0.6 is 15.9 Å². The van der Waals surface area contributed by atoms with Crippen LogP contribution < -0.4 is 5.32 Å². The normalized spacial score (nSPS) is 20.1. The van der Waals surface area contributed by atoms with Gasteiger partial charge >= 0.3 is 0 Å². The van der Waals surface area contributed by atoms with Crippen molar-refractivity contribution in [1.29, 1.82) is 0 Å². The molecule has 3 rings (SSSR count). The van der Waals surface area contributed by atoms with Gasteiger partial charge in [-0.25, -0.2) is 0 Å². The maximum absolute atomic E-state index is 10.3. The van der Waals surface area contributed by atoms with Crippen molar-refractivity contribution >= 4 is 15.9 Å². The maximum Gasteiger partial charge on any atom is 0.133 e. The average molecular weight is 310 g/mol. The zero-order chi connectivity index (χ0) is 12.5. The SMILES string of the molecule is Oc1c(CC2CCNCC2)cc2c(c1Br)CCC2. The summed E-state index contributed by atoms with van der Waals surface area (Å²) in [7, 11) is 0. The largest absolute Gasteiger partial charge is 0.506 e. The Balaban J connectivity index is 1.85. The summed E-state index contributed by atoms with van der Waals surface area (Å²) in [6.45, 7) is 2.25. The van der Waals surface area contributed by atoms with Crippen LogP contribution in [0.25, 0.3) is 0 Å².